The molecule has 1 aromatic heterocycles. The highest BCUT2D eigenvalue weighted by molar-refractivity contribution is 6.30. The van der Waals surface area contributed by atoms with Crippen LogP contribution < -0.4 is 5.32 Å². The summed E-state index contributed by atoms with van der Waals surface area (Å²) in [6, 6.07) is 7.57. The van der Waals surface area contributed by atoms with E-state index < -0.39 is 6.10 Å². The molecule has 27 heavy (non-hydrogen) atoms. The average Bonchev–Trinajstić information content (AvgIpc) is 3.03. The van der Waals surface area contributed by atoms with Crippen molar-refractivity contribution in [3.63, 3.8) is 0 Å². The van der Waals surface area contributed by atoms with Gasteiger partial charge >= 0.3 is 0 Å². The van der Waals surface area contributed by atoms with Crippen molar-refractivity contribution in [3.8, 4) is 5.75 Å². The number of aliphatic hydroxyl groups excluding tert-OH is 1. The SMILES string of the molecule is O=C(Cc1ccnc(C(=O)N[C@H]2CCC[C@H]2O)c1)Cc1cc(Cl)ccc1O. The third kappa shape index (κ3) is 5.05. The number of aliphatic hydroxyl groups is 1. The fraction of sp³-hybridized carbons (Fsp3) is 0.350. The molecule has 0 bridgehead atoms. The van der Waals surface area contributed by atoms with Crippen molar-refractivity contribution in [2.45, 2.75) is 44.2 Å². The maximum atomic E-state index is 12.3. The molecule has 1 heterocycles. The molecule has 2 aromatic rings. The lowest BCUT2D eigenvalue weighted by atomic mass is 10.0. The lowest BCUT2D eigenvalue weighted by Crippen LogP contribution is -2.40. The number of rotatable bonds is 6. The van der Waals surface area contributed by atoms with Crippen molar-refractivity contribution in [1.29, 1.82) is 0 Å². The Morgan fingerprint density at radius 1 is 1.19 bits per heavy atom. The zero-order valence-electron chi connectivity index (χ0n) is 14.7. The summed E-state index contributed by atoms with van der Waals surface area (Å²) in [5.74, 6) is -0.447. The molecule has 3 rings (SSSR count). The Morgan fingerprint density at radius 3 is 2.74 bits per heavy atom. The number of nitrogens with zero attached hydrogens (tertiary/aromatic N) is 1. The Kier molecular flexibility index (Phi) is 6.08. The molecule has 1 amide bonds. The Hall–Kier alpha value is -2.44. The number of carbonyl (C=O) groups is 2. The number of hydrogen-bond donors (Lipinski definition) is 3. The smallest absolute Gasteiger partial charge is 0.270 e. The first-order chi connectivity index (χ1) is 12.9. The van der Waals surface area contributed by atoms with Crippen LogP contribution in [0.3, 0.4) is 0 Å². The number of Topliss-reactive ketones (excluding diaryl/α,β-unsaturated/α-hetero) is 1. The molecular formula is C20H21ClN2O4. The maximum absolute atomic E-state index is 12.3. The normalized spacial score (nSPS) is 19.0. The van der Waals surface area contributed by atoms with Gasteiger partial charge in [-0.3, -0.25) is 14.6 Å². The number of phenols is 1. The molecule has 3 N–H and O–H groups in total. The fourth-order valence-electron chi connectivity index (χ4n) is 3.26. The molecule has 1 fully saturated rings. The molecule has 0 saturated heterocycles. The Labute approximate surface area is 162 Å². The second kappa shape index (κ2) is 8.50. The van der Waals surface area contributed by atoms with Crippen LogP contribution in [0.4, 0.5) is 0 Å². The molecule has 7 heteroatoms. The first-order valence-corrected chi connectivity index (χ1v) is 9.23. The summed E-state index contributed by atoms with van der Waals surface area (Å²) in [7, 11) is 0. The number of phenolic OH excluding ortho intramolecular Hbond substituents is 1. The second-order valence-electron chi connectivity index (χ2n) is 6.79. The zero-order valence-corrected chi connectivity index (χ0v) is 15.4. The number of pyridine rings is 1. The van der Waals surface area contributed by atoms with Gasteiger partial charge in [0.25, 0.3) is 5.91 Å². The van der Waals surface area contributed by atoms with Crippen LogP contribution in [0, 0.1) is 0 Å². The molecule has 1 aliphatic carbocycles. The monoisotopic (exact) mass is 388 g/mol. The number of aromatic hydroxyl groups is 1. The third-order valence-electron chi connectivity index (χ3n) is 4.68. The fourth-order valence-corrected chi connectivity index (χ4v) is 3.45. The molecule has 2 atom stereocenters. The zero-order chi connectivity index (χ0) is 19.4. The number of ketones is 1. The van der Waals surface area contributed by atoms with Crippen molar-refractivity contribution in [3.05, 3.63) is 58.4 Å². The van der Waals surface area contributed by atoms with Crippen molar-refractivity contribution in [2.24, 2.45) is 0 Å². The van der Waals surface area contributed by atoms with E-state index in [2.05, 4.69) is 10.3 Å². The van der Waals surface area contributed by atoms with Gasteiger partial charge in [0.15, 0.2) is 0 Å². The second-order valence-corrected chi connectivity index (χ2v) is 7.23. The van der Waals surface area contributed by atoms with Gasteiger partial charge in [-0.15, -0.1) is 0 Å². The quantitative estimate of drug-likeness (QED) is 0.705. The molecule has 0 spiro atoms. The number of nitrogens with one attached hydrogen (secondary N) is 1. The predicted octanol–water partition coefficient (Wildman–Crippen LogP) is 2.44. The number of aromatic nitrogens is 1. The van der Waals surface area contributed by atoms with E-state index in [9.17, 15) is 19.8 Å². The number of benzene rings is 1. The minimum atomic E-state index is -0.524. The van der Waals surface area contributed by atoms with E-state index in [1.165, 1.54) is 12.3 Å². The Bertz CT molecular complexity index is 856. The Morgan fingerprint density at radius 2 is 2.00 bits per heavy atom. The minimum Gasteiger partial charge on any atom is -0.508 e. The number of carbonyl (C=O) groups excluding carboxylic acids is 2. The van der Waals surface area contributed by atoms with Crippen LogP contribution in [0.15, 0.2) is 36.5 Å². The largest absolute Gasteiger partial charge is 0.508 e. The van der Waals surface area contributed by atoms with Crippen molar-refractivity contribution < 1.29 is 19.8 Å². The molecule has 1 saturated carbocycles. The molecule has 0 aliphatic heterocycles. The predicted molar refractivity (Wildman–Crippen MR) is 101 cm³/mol. The van der Waals surface area contributed by atoms with Gasteiger partial charge in [-0.25, -0.2) is 0 Å². The summed E-state index contributed by atoms with van der Waals surface area (Å²) in [6.07, 6.45) is 3.43. The van der Waals surface area contributed by atoms with E-state index in [-0.39, 0.29) is 42.0 Å². The maximum Gasteiger partial charge on any atom is 0.270 e. The number of hydrogen-bond acceptors (Lipinski definition) is 5. The first-order valence-electron chi connectivity index (χ1n) is 8.85. The summed E-state index contributed by atoms with van der Waals surface area (Å²) in [5.41, 5.74) is 1.34. The van der Waals surface area contributed by atoms with Gasteiger partial charge in [-0.05, 0) is 55.2 Å². The van der Waals surface area contributed by atoms with E-state index in [0.717, 1.165) is 12.8 Å². The van der Waals surface area contributed by atoms with Crippen LogP contribution in [0.2, 0.25) is 5.02 Å². The van der Waals surface area contributed by atoms with Gasteiger partial charge in [-0.1, -0.05) is 11.6 Å². The molecule has 142 valence electrons. The van der Waals surface area contributed by atoms with Crippen LogP contribution in [0.1, 0.15) is 40.9 Å². The Balaban J connectivity index is 1.63. The van der Waals surface area contributed by atoms with Crippen LogP contribution in [0.5, 0.6) is 5.75 Å². The van der Waals surface area contributed by atoms with Crippen LogP contribution in [0.25, 0.3) is 0 Å². The van der Waals surface area contributed by atoms with Crippen LogP contribution in [-0.2, 0) is 17.6 Å². The van der Waals surface area contributed by atoms with Gasteiger partial charge < -0.3 is 15.5 Å². The number of halogens is 1. The lowest BCUT2D eigenvalue weighted by molar-refractivity contribution is -0.117. The standard InChI is InChI=1S/C20H21ClN2O4/c21-14-4-5-18(25)13(10-14)11-15(24)8-12-6-7-22-17(9-12)20(27)23-16-2-1-3-19(16)26/h4-7,9-10,16,19,25-26H,1-3,8,11H2,(H,23,27)/t16-,19+/m0/s1. The molecule has 1 aliphatic rings. The summed E-state index contributed by atoms with van der Waals surface area (Å²) in [4.78, 5) is 28.7. The topological polar surface area (TPSA) is 99.5 Å². The third-order valence-corrected chi connectivity index (χ3v) is 4.92. The van der Waals surface area contributed by atoms with Crippen molar-refractivity contribution in [1.82, 2.24) is 10.3 Å². The molecule has 0 unspecified atom stereocenters. The summed E-state index contributed by atoms with van der Waals surface area (Å²) in [5, 5.41) is 22.9. The molecule has 0 radical (unpaired) electrons. The number of amides is 1. The van der Waals surface area contributed by atoms with Crippen LogP contribution >= 0.6 is 11.6 Å². The van der Waals surface area contributed by atoms with Gasteiger partial charge in [0, 0.05) is 29.6 Å². The molecule has 6 nitrogen and oxygen atoms in total. The van der Waals surface area contributed by atoms with Gasteiger partial charge in [0.1, 0.15) is 17.2 Å². The van der Waals surface area contributed by atoms with E-state index in [0.29, 0.717) is 22.6 Å². The molecule has 1 aromatic carbocycles. The van der Waals surface area contributed by atoms with E-state index >= 15 is 0 Å². The highest BCUT2D eigenvalue weighted by Crippen LogP contribution is 2.23. The first kappa shape index (κ1) is 19.3. The van der Waals surface area contributed by atoms with Gasteiger partial charge in [-0.2, -0.15) is 0 Å². The minimum absolute atomic E-state index is 0.0256. The van der Waals surface area contributed by atoms with Crippen LogP contribution in [-0.4, -0.2) is 39.0 Å². The highest BCUT2D eigenvalue weighted by Gasteiger charge is 2.27. The van der Waals surface area contributed by atoms with Crippen molar-refractivity contribution >= 4 is 23.3 Å². The van der Waals surface area contributed by atoms with E-state index in [1.54, 1.807) is 24.3 Å². The lowest BCUT2D eigenvalue weighted by Gasteiger charge is -2.16. The van der Waals surface area contributed by atoms with E-state index in [4.69, 9.17) is 11.6 Å². The van der Waals surface area contributed by atoms with E-state index in [1.807, 2.05) is 0 Å². The summed E-state index contributed by atoms with van der Waals surface area (Å²) < 4.78 is 0. The molecular weight excluding hydrogens is 368 g/mol. The van der Waals surface area contributed by atoms with Gasteiger partial charge in [0.2, 0.25) is 0 Å². The van der Waals surface area contributed by atoms with Crippen molar-refractivity contribution in [2.75, 3.05) is 0 Å². The summed E-state index contributed by atoms with van der Waals surface area (Å²) >= 11 is 5.90. The summed E-state index contributed by atoms with van der Waals surface area (Å²) in [6.45, 7) is 0. The average molecular weight is 389 g/mol. The highest BCUT2D eigenvalue weighted by atomic mass is 35.5. The van der Waals surface area contributed by atoms with Gasteiger partial charge in [0.05, 0.1) is 12.1 Å².